The lowest BCUT2D eigenvalue weighted by molar-refractivity contribution is -0.192. The standard InChI is InChI=1S/C33H29N7O7S/c1-20(41)38-19-46-29-24(26(31(44)45)40-27(29)28(38)30(40)43)18-48-32-34-36-37-39(32)17-25(42)35-47-33(21-11-5-2-6-12-21,22-13-7-3-8-14-22)23-15-9-4-10-16-23/h2-16,27-29H,17-19H2,1H3,(H,35,42)(H,44,45)/t27-,28-,29?/m0/s1. The molecule has 3 amide bonds. The van der Waals surface area contributed by atoms with Gasteiger partial charge in [0.2, 0.25) is 11.1 Å². The number of tetrazole rings is 1. The molecule has 0 radical (unpaired) electrons. The molecule has 14 nitrogen and oxygen atoms in total. The Morgan fingerprint density at radius 3 is 2.10 bits per heavy atom. The molecule has 244 valence electrons. The topological polar surface area (TPSA) is 169 Å². The SMILES string of the molecule is CC(=O)N1COC2C(CSc3nnnn3CC(=O)NOC(c3ccccc3)(c3ccccc3)c3ccccc3)=C(C(=O)O)N3C(=O)[C@@H]1[C@@H]23. The van der Waals surface area contributed by atoms with Gasteiger partial charge in [0.15, 0.2) is 5.60 Å². The number of aromatic nitrogens is 4. The van der Waals surface area contributed by atoms with E-state index in [-0.39, 0.29) is 35.8 Å². The lowest BCUT2D eigenvalue weighted by atomic mass is 9.80. The summed E-state index contributed by atoms with van der Waals surface area (Å²) in [6, 6.07) is 27.3. The minimum absolute atomic E-state index is 0.0665. The van der Waals surface area contributed by atoms with E-state index in [1.54, 1.807) is 0 Å². The largest absolute Gasteiger partial charge is 0.477 e. The van der Waals surface area contributed by atoms with Gasteiger partial charge in [-0.2, -0.15) is 0 Å². The zero-order chi connectivity index (χ0) is 33.4. The van der Waals surface area contributed by atoms with Gasteiger partial charge in [-0.3, -0.25) is 24.1 Å². The molecule has 4 aromatic rings. The number of nitrogens with zero attached hydrogens (tertiary/aromatic N) is 6. The van der Waals surface area contributed by atoms with Crippen molar-refractivity contribution < 1.29 is 33.9 Å². The quantitative estimate of drug-likeness (QED) is 0.104. The minimum atomic E-state index is -1.28. The molecule has 2 fully saturated rings. The number of nitrogens with one attached hydrogen (secondary N) is 1. The number of hydroxylamine groups is 1. The first-order valence-electron chi connectivity index (χ1n) is 15.0. The average Bonchev–Trinajstić information content (AvgIpc) is 3.69. The van der Waals surface area contributed by atoms with Crippen molar-refractivity contribution in [3.63, 3.8) is 0 Å². The summed E-state index contributed by atoms with van der Waals surface area (Å²) in [5, 5.41) is 22.0. The van der Waals surface area contributed by atoms with Gasteiger partial charge in [-0.15, -0.1) is 5.10 Å². The molecular weight excluding hydrogens is 638 g/mol. The first-order valence-corrected chi connectivity index (χ1v) is 16.0. The third-order valence-electron chi connectivity index (χ3n) is 8.65. The van der Waals surface area contributed by atoms with Gasteiger partial charge in [-0.25, -0.2) is 15.0 Å². The third kappa shape index (κ3) is 5.21. The smallest absolute Gasteiger partial charge is 0.352 e. The van der Waals surface area contributed by atoms with Crippen molar-refractivity contribution in [1.29, 1.82) is 0 Å². The van der Waals surface area contributed by atoms with Crippen LogP contribution in [0.15, 0.2) is 107 Å². The summed E-state index contributed by atoms with van der Waals surface area (Å²) >= 11 is 1.10. The summed E-state index contributed by atoms with van der Waals surface area (Å²) in [4.78, 5) is 59.6. The number of benzene rings is 3. The maximum absolute atomic E-state index is 13.4. The summed E-state index contributed by atoms with van der Waals surface area (Å²) in [7, 11) is 0. The van der Waals surface area contributed by atoms with Crippen LogP contribution in [0.4, 0.5) is 0 Å². The van der Waals surface area contributed by atoms with Crippen LogP contribution in [0.5, 0.6) is 0 Å². The number of carboxylic acids is 1. The number of rotatable bonds is 11. The summed E-state index contributed by atoms with van der Waals surface area (Å²) in [6.45, 7) is 0.899. The van der Waals surface area contributed by atoms with Gasteiger partial charge in [0.25, 0.3) is 11.8 Å². The van der Waals surface area contributed by atoms with Crippen LogP contribution in [-0.2, 0) is 40.9 Å². The molecule has 3 atom stereocenters. The van der Waals surface area contributed by atoms with Crippen LogP contribution < -0.4 is 5.48 Å². The Morgan fingerprint density at radius 1 is 0.979 bits per heavy atom. The van der Waals surface area contributed by atoms with E-state index in [2.05, 4.69) is 21.0 Å². The van der Waals surface area contributed by atoms with Crippen molar-refractivity contribution in [3.8, 4) is 0 Å². The van der Waals surface area contributed by atoms with E-state index in [1.807, 2.05) is 91.0 Å². The molecule has 0 spiro atoms. The van der Waals surface area contributed by atoms with Crippen LogP contribution in [0.25, 0.3) is 0 Å². The average molecular weight is 668 g/mol. The number of aliphatic carboxylic acids is 1. The van der Waals surface area contributed by atoms with Gasteiger partial charge in [0.1, 0.15) is 31.1 Å². The van der Waals surface area contributed by atoms with E-state index < -0.39 is 41.6 Å². The second kappa shape index (κ2) is 12.7. The third-order valence-corrected chi connectivity index (χ3v) is 9.66. The second-order valence-corrected chi connectivity index (χ2v) is 12.3. The highest BCUT2D eigenvalue weighted by Gasteiger charge is 2.65. The number of carboxylic acid groups (broad SMARTS) is 1. The number of carbonyl (C=O) groups excluding carboxylic acids is 3. The zero-order valence-electron chi connectivity index (χ0n) is 25.5. The molecule has 48 heavy (non-hydrogen) atoms. The Labute approximate surface area is 278 Å². The molecular formula is C33H29N7O7S. The van der Waals surface area contributed by atoms with Crippen molar-refractivity contribution in [2.45, 2.75) is 42.4 Å². The monoisotopic (exact) mass is 667 g/mol. The van der Waals surface area contributed by atoms with E-state index in [4.69, 9.17) is 9.57 Å². The molecule has 0 bridgehead atoms. The van der Waals surface area contributed by atoms with E-state index >= 15 is 0 Å². The van der Waals surface area contributed by atoms with Gasteiger partial charge in [-0.1, -0.05) is 103 Å². The van der Waals surface area contributed by atoms with Gasteiger partial charge < -0.3 is 14.7 Å². The number of amides is 3. The molecule has 0 aliphatic carbocycles. The fourth-order valence-corrected chi connectivity index (χ4v) is 7.45. The molecule has 0 saturated carbocycles. The first kappa shape index (κ1) is 31.2. The Balaban J connectivity index is 1.09. The van der Waals surface area contributed by atoms with Crippen molar-refractivity contribution in [2.75, 3.05) is 12.5 Å². The number of thioether (sulfide) groups is 1. The first-order chi connectivity index (χ1) is 23.3. The number of ether oxygens (including phenoxy) is 1. The number of carbonyl (C=O) groups is 4. The molecule has 3 aromatic carbocycles. The second-order valence-electron chi connectivity index (χ2n) is 11.3. The van der Waals surface area contributed by atoms with Crippen LogP contribution in [0.3, 0.4) is 0 Å². The number of β-lactam (4-membered cyclic amide) rings is 1. The summed E-state index contributed by atoms with van der Waals surface area (Å²) in [5.41, 5.74) is 4.01. The molecule has 1 unspecified atom stereocenters. The number of hydrogen-bond acceptors (Lipinski definition) is 10. The van der Waals surface area contributed by atoms with Gasteiger partial charge in [0, 0.05) is 18.2 Å². The predicted molar refractivity (Wildman–Crippen MR) is 168 cm³/mol. The lowest BCUT2D eigenvalue weighted by Gasteiger charge is -2.52. The van der Waals surface area contributed by atoms with Crippen molar-refractivity contribution in [1.82, 2.24) is 35.5 Å². The summed E-state index contributed by atoms with van der Waals surface area (Å²) in [6.07, 6.45) is -0.704. The minimum Gasteiger partial charge on any atom is -0.477 e. The zero-order valence-corrected chi connectivity index (χ0v) is 26.3. The normalized spacial score (nSPS) is 19.9. The Bertz CT molecular complexity index is 1810. The van der Waals surface area contributed by atoms with Crippen LogP contribution in [0.1, 0.15) is 23.6 Å². The van der Waals surface area contributed by atoms with Crippen LogP contribution in [-0.4, -0.2) is 89.5 Å². The van der Waals surface area contributed by atoms with Crippen LogP contribution >= 0.6 is 11.8 Å². The maximum Gasteiger partial charge on any atom is 0.352 e. The van der Waals surface area contributed by atoms with Crippen LogP contribution in [0.2, 0.25) is 0 Å². The van der Waals surface area contributed by atoms with Crippen molar-refractivity contribution in [2.24, 2.45) is 0 Å². The van der Waals surface area contributed by atoms with E-state index in [0.717, 1.165) is 28.5 Å². The number of hydrogen-bond donors (Lipinski definition) is 2. The molecule has 4 heterocycles. The van der Waals surface area contributed by atoms with Gasteiger partial charge in [-0.05, 0) is 27.1 Å². The van der Waals surface area contributed by atoms with Gasteiger partial charge in [0.05, 0.1) is 6.04 Å². The Kier molecular flexibility index (Phi) is 8.24. The molecule has 3 aliphatic rings. The van der Waals surface area contributed by atoms with Gasteiger partial charge >= 0.3 is 5.97 Å². The molecule has 7 rings (SSSR count). The van der Waals surface area contributed by atoms with E-state index in [1.165, 1.54) is 21.4 Å². The maximum atomic E-state index is 13.4. The Morgan fingerprint density at radius 2 is 1.56 bits per heavy atom. The fraction of sp³-hybridized carbons (Fsp3) is 0.242. The summed E-state index contributed by atoms with van der Waals surface area (Å²) in [5.74, 6) is -2.54. The lowest BCUT2D eigenvalue weighted by Crippen LogP contribution is -2.75. The summed E-state index contributed by atoms with van der Waals surface area (Å²) < 4.78 is 7.17. The highest BCUT2D eigenvalue weighted by molar-refractivity contribution is 7.99. The molecule has 2 N–H and O–H groups in total. The highest BCUT2D eigenvalue weighted by Crippen LogP contribution is 2.46. The van der Waals surface area contributed by atoms with Crippen molar-refractivity contribution in [3.05, 3.63) is 119 Å². The molecule has 2 saturated heterocycles. The predicted octanol–water partition coefficient (Wildman–Crippen LogP) is 1.94. The van der Waals surface area contributed by atoms with E-state index in [9.17, 15) is 24.3 Å². The molecule has 3 aliphatic heterocycles. The fourth-order valence-electron chi connectivity index (χ4n) is 6.52. The molecule has 1 aromatic heterocycles. The van der Waals surface area contributed by atoms with Crippen LogP contribution in [0, 0.1) is 0 Å². The van der Waals surface area contributed by atoms with Crippen molar-refractivity contribution >= 4 is 35.5 Å². The molecule has 15 heteroatoms. The Hall–Kier alpha value is -5.38. The van der Waals surface area contributed by atoms with E-state index in [0.29, 0.717) is 5.57 Å². The highest BCUT2D eigenvalue weighted by atomic mass is 32.2.